The molecule has 20 heavy (non-hydrogen) atoms. The second-order valence-electron chi connectivity index (χ2n) is 5.13. The number of aryl methyl sites for hydroxylation is 2. The van der Waals surface area contributed by atoms with Crippen LogP contribution in [0.15, 0.2) is 0 Å². The van der Waals surface area contributed by atoms with E-state index in [1.165, 1.54) is 7.11 Å². The summed E-state index contributed by atoms with van der Waals surface area (Å²) >= 11 is 0. The first-order valence-corrected chi connectivity index (χ1v) is 6.71. The Labute approximate surface area is 117 Å². The molecule has 7 heteroatoms. The summed E-state index contributed by atoms with van der Waals surface area (Å²) in [5, 5.41) is 4.42. The highest BCUT2D eigenvalue weighted by Crippen LogP contribution is 2.29. The van der Waals surface area contributed by atoms with E-state index in [9.17, 15) is 4.79 Å². The highest BCUT2D eigenvalue weighted by atomic mass is 16.5. The molecule has 0 aromatic carbocycles. The number of hydrogen-bond acceptors (Lipinski definition) is 5. The minimum Gasteiger partial charge on any atom is -0.467 e. The van der Waals surface area contributed by atoms with Gasteiger partial charge in [-0.25, -0.2) is 14.5 Å². The van der Waals surface area contributed by atoms with Gasteiger partial charge in [-0.05, 0) is 19.8 Å². The fraction of sp³-hybridized carbons (Fsp3) is 0.615. The van der Waals surface area contributed by atoms with Gasteiger partial charge in [-0.1, -0.05) is 13.8 Å². The first kappa shape index (κ1) is 14.4. The fourth-order valence-corrected chi connectivity index (χ4v) is 2.50. The summed E-state index contributed by atoms with van der Waals surface area (Å²) in [6.07, 6.45) is 0. The van der Waals surface area contributed by atoms with Gasteiger partial charge in [0, 0.05) is 6.54 Å². The number of methoxy groups -OCH3 is 1. The Balaban J connectivity index is 2.74. The molecule has 1 unspecified atom stereocenters. The number of hydrogen-bond donors (Lipinski definition) is 1. The summed E-state index contributed by atoms with van der Waals surface area (Å²) in [7, 11) is 1.38. The van der Waals surface area contributed by atoms with E-state index in [1.807, 2.05) is 32.4 Å². The zero-order valence-corrected chi connectivity index (χ0v) is 12.5. The number of aromatic nitrogens is 4. The van der Waals surface area contributed by atoms with Crippen LogP contribution in [0.1, 0.15) is 32.5 Å². The van der Waals surface area contributed by atoms with Gasteiger partial charge < -0.3 is 10.5 Å². The van der Waals surface area contributed by atoms with Gasteiger partial charge in [-0.2, -0.15) is 5.10 Å². The molecule has 0 spiro atoms. The van der Waals surface area contributed by atoms with E-state index in [2.05, 4.69) is 10.1 Å². The van der Waals surface area contributed by atoms with E-state index in [4.69, 9.17) is 10.5 Å². The van der Waals surface area contributed by atoms with Crippen molar-refractivity contribution in [3.05, 3.63) is 5.69 Å². The van der Waals surface area contributed by atoms with Crippen LogP contribution in [0.3, 0.4) is 0 Å². The predicted octanol–water partition coefficient (Wildman–Crippen LogP) is 1.51. The number of nitrogens with two attached hydrogens (primary N) is 1. The lowest BCUT2D eigenvalue weighted by Crippen LogP contribution is -2.27. The maximum atomic E-state index is 12.1. The lowest BCUT2D eigenvalue weighted by Gasteiger charge is -2.21. The summed E-state index contributed by atoms with van der Waals surface area (Å²) in [6, 6.07) is -0.508. The largest absolute Gasteiger partial charge is 0.467 e. The first-order chi connectivity index (χ1) is 9.42. The van der Waals surface area contributed by atoms with Gasteiger partial charge in [-0.3, -0.25) is 4.57 Å². The molecule has 0 aliphatic heterocycles. The predicted molar refractivity (Wildman–Crippen MR) is 76.2 cm³/mol. The van der Waals surface area contributed by atoms with Crippen molar-refractivity contribution in [1.82, 2.24) is 19.3 Å². The van der Waals surface area contributed by atoms with E-state index >= 15 is 0 Å². The van der Waals surface area contributed by atoms with Gasteiger partial charge in [0.25, 0.3) is 0 Å². The van der Waals surface area contributed by atoms with Crippen molar-refractivity contribution in [2.75, 3.05) is 12.8 Å². The van der Waals surface area contributed by atoms with Crippen LogP contribution in [0.5, 0.6) is 0 Å². The molecule has 2 aromatic heterocycles. The maximum Gasteiger partial charge on any atom is 0.329 e. The van der Waals surface area contributed by atoms with Gasteiger partial charge in [0.15, 0.2) is 5.65 Å². The van der Waals surface area contributed by atoms with Crippen LogP contribution in [0.25, 0.3) is 11.2 Å². The van der Waals surface area contributed by atoms with Crippen molar-refractivity contribution in [2.45, 2.75) is 40.3 Å². The van der Waals surface area contributed by atoms with Crippen molar-refractivity contribution in [1.29, 1.82) is 0 Å². The number of carbonyl (C=O) groups is 1. The van der Waals surface area contributed by atoms with Crippen molar-refractivity contribution in [3.63, 3.8) is 0 Å². The number of rotatable bonds is 4. The molecule has 0 amide bonds. The molecule has 7 nitrogen and oxygen atoms in total. The van der Waals surface area contributed by atoms with Crippen LogP contribution in [0, 0.1) is 12.8 Å². The second kappa shape index (κ2) is 5.15. The average Bonchev–Trinajstić information content (AvgIpc) is 2.88. The molecule has 0 aliphatic rings. The number of fused-ring (bicyclic) bond motifs is 1. The van der Waals surface area contributed by atoms with Crippen LogP contribution in [-0.2, 0) is 16.1 Å². The summed E-state index contributed by atoms with van der Waals surface area (Å²) in [5.41, 5.74) is 8.33. The quantitative estimate of drug-likeness (QED) is 0.857. The van der Waals surface area contributed by atoms with Crippen LogP contribution >= 0.6 is 0 Å². The third kappa shape index (κ3) is 2.03. The third-order valence-electron chi connectivity index (χ3n) is 3.42. The van der Waals surface area contributed by atoms with Crippen molar-refractivity contribution < 1.29 is 9.53 Å². The topological polar surface area (TPSA) is 88.0 Å². The molecule has 2 rings (SSSR count). The van der Waals surface area contributed by atoms with Gasteiger partial charge in [0.05, 0.1) is 12.8 Å². The van der Waals surface area contributed by atoms with Gasteiger partial charge in [0.2, 0.25) is 5.95 Å². The average molecular weight is 279 g/mol. The monoisotopic (exact) mass is 279 g/mol. The molecule has 0 bridgehead atoms. The van der Waals surface area contributed by atoms with E-state index in [1.54, 1.807) is 4.57 Å². The summed E-state index contributed by atoms with van der Waals surface area (Å²) in [4.78, 5) is 16.4. The Morgan fingerprint density at radius 3 is 2.60 bits per heavy atom. The Morgan fingerprint density at radius 1 is 1.45 bits per heavy atom. The summed E-state index contributed by atoms with van der Waals surface area (Å²) in [5.74, 6) is 0.0157. The zero-order valence-electron chi connectivity index (χ0n) is 12.5. The van der Waals surface area contributed by atoms with Crippen LogP contribution in [-0.4, -0.2) is 32.4 Å². The van der Waals surface area contributed by atoms with Crippen LogP contribution in [0.2, 0.25) is 0 Å². The lowest BCUT2D eigenvalue weighted by atomic mass is 10.0. The molecule has 0 radical (unpaired) electrons. The third-order valence-corrected chi connectivity index (χ3v) is 3.42. The maximum absolute atomic E-state index is 12.1. The van der Waals surface area contributed by atoms with Crippen LogP contribution in [0.4, 0.5) is 5.95 Å². The second-order valence-corrected chi connectivity index (χ2v) is 5.13. The minimum absolute atomic E-state index is 0.0302. The Bertz CT molecular complexity index is 641. The molecule has 2 aromatic rings. The molecule has 1 atom stereocenters. The number of nitrogens with zero attached hydrogens (tertiary/aromatic N) is 4. The van der Waals surface area contributed by atoms with Gasteiger partial charge in [-0.15, -0.1) is 0 Å². The van der Waals surface area contributed by atoms with E-state index in [0.29, 0.717) is 12.5 Å². The number of anilines is 1. The number of esters is 1. The first-order valence-electron chi connectivity index (χ1n) is 6.71. The van der Waals surface area contributed by atoms with Gasteiger partial charge in [0.1, 0.15) is 11.6 Å². The highest BCUT2D eigenvalue weighted by Gasteiger charge is 2.30. The van der Waals surface area contributed by atoms with Crippen molar-refractivity contribution in [2.24, 2.45) is 5.92 Å². The smallest absolute Gasteiger partial charge is 0.329 e. The Morgan fingerprint density at radius 2 is 2.10 bits per heavy atom. The van der Waals surface area contributed by atoms with Gasteiger partial charge >= 0.3 is 5.97 Å². The SMILES string of the molecule is CCn1nc(C)c2nc(N)n(C(C(=O)OC)C(C)C)c21. The minimum atomic E-state index is -0.508. The van der Waals surface area contributed by atoms with E-state index in [-0.39, 0.29) is 11.9 Å². The number of carbonyl (C=O) groups excluding carboxylic acids is 1. The lowest BCUT2D eigenvalue weighted by molar-refractivity contribution is -0.145. The number of nitrogen functional groups attached to an aromatic ring is 1. The molecule has 0 aliphatic carbocycles. The van der Waals surface area contributed by atoms with Crippen molar-refractivity contribution in [3.8, 4) is 0 Å². The standard InChI is InChI=1S/C13H21N5O2/c1-6-17-11-9(8(4)16-17)15-13(14)18(11)10(7(2)3)12(19)20-5/h7,10H,6H2,1-5H3,(H2,14,15). The highest BCUT2D eigenvalue weighted by molar-refractivity contribution is 5.82. The molecular formula is C13H21N5O2. The molecule has 0 saturated heterocycles. The number of imidazole rings is 1. The summed E-state index contributed by atoms with van der Waals surface area (Å²) < 4.78 is 8.45. The molecule has 0 fully saturated rings. The Kier molecular flexibility index (Phi) is 3.69. The Hall–Kier alpha value is -2.05. The number of ether oxygens (including phenoxy) is 1. The fourth-order valence-electron chi connectivity index (χ4n) is 2.50. The molecular weight excluding hydrogens is 258 g/mol. The van der Waals surface area contributed by atoms with Crippen molar-refractivity contribution >= 4 is 23.1 Å². The molecule has 0 saturated carbocycles. The molecule has 110 valence electrons. The van der Waals surface area contributed by atoms with E-state index < -0.39 is 6.04 Å². The summed E-state index contributed by atoms with van der Waals surface area (Å²) in [6.45, 7) is 8.45. The molecule has 2 N–H and O–H groups in total. The van der Waals surface area contributed by atoms with Crippen LogP contribution < -0.4 is 5.73 Å². The van der Waals surface area contributed by atoms with E-state index in [0.717, 1.165) is 16.9 Å². The normalized spacial score (nSPS) is 13.1. The molecule has 2 heterocycles. The zero-order chi connectivity index (χ0) is 15.0.